The number of carbonyl (C=O) groups is 1. The summed E-state index contributed by atoms with van der Waals surface area (Å²) < 4.78 is 16.5. The Morgan fingerprint density at radius 2 is 2.10 bits per heavy atom. The third-order valence-electron chi connectivity index (χ3n) is 3.69. The Morgan fingerprint density at radius 3 is 2.65 bits per heavy atom. The van der Waals surface area contributed by atoms with Crippen LogP contribution in [0.25, 0.3) is 6.08 Å². The highest BCUT2D eigenvalue weighted by Crippen LogP contribution is 2.47. The van der Waals surface area contributed by atoms with Crippen molar-refractivity contribution >= 4 is 12.0 Å². The number of aromatic carboxylic acids is 1. The van der Waals surface area contributed by atoms with Gasteiger partial charge in [-0.15, -0.1) is 0 Å². The molecule has 1 fully saturated rings. The number of rotatable bonds is 4. The molecule has 0 radical (unpaired) electrons. The summed E-state index contributed by atoms with van der Waals surface area (Å²) in [5.41, 5.74) is 0.690. The van der Waals surface area contributed by atoms with Crippen molar-refractivity contribution in [2.45, 2.75) is 18.9 Å². The maximum absolute atomic E-state index is 11.4. The van der Waals surface area contributed by atoms with Crippen LogP contribution in [0.2, 0.25) is 0 Å². The molecule has 106 valence electrons. The molecule has 2 aliphatic rings. The lowest BCUT2D eigenvalue weighted by atomic mass is 10.0. The van der Waals surface area contributed by atoms with Crippen molar-refractivity contribution in [1.82, 2.24) is 0 Å². The number of hydrogen-bond acceptors (Lipinski definition) is 4. The van der Waals surface area contributed by atoms with Crippen molar-refractivity contribution in [3.05, 3.63) is 23.3 Å². The molecule has 0 unspecified atom stereocenters. The van der Waals surface area contributed by atoms with Gasteiger partial charge < -0.3 is 19.3 Å². The highest BCUT2D eigenvalue weighted by Gasteiger charge is 2.35. The van der Waals surface area contributed by atoms with Crippen LogP contribution in [0.1, 0.15) is 28.8 Å². The number of ether oxygens (including phenoxy) is 3. The van der Waals surface area contributed by atoms with Gasteiger partial charge in [0.1, 0.15) is 6.10 Å². The average molecular weight is 276 g/mol. The molecule has 1 N–H and O–H groups in total. The minimum atomic E-state index is -1.01. The standard InChI is InChI=1S/C15H16O5/c1-18-12-7-10(15(16)17)9-5-6-11(8-3-4-8)20-13(9)14(12)19-2/h5-8,11H,3-4H2,1-2H3,(H,16,17)/t11-/m1/s1. The lowest BCUT2D eigenvalue weighted by Gasteiger charge is -2.25. The smallest absolute Gasteiger partial charge is 0.336 e. The highest BCUT2D eigenvalue weighted by atomic mass is 16.5. The van der Waals surface area contributed by atoms with Gasteiger partial charge in [-0.1, -0.05) is 6.08 Å². The van der Waals surface area contributed by atoms with E-state index in [-0.39, 0.29) is 11.7 Å². The predicted octanol–water partition coefficient (Wildman–Crippen LogP) is 2.59. The molecule has 1 saturated carbocycles. The fraction of sp³-hybridized carbons (Fsp3) is 0.400. The first-order chi connectivity index (χ1) is 9.65. The van der Waals surface area contributed by atoms with Crippen LogP contribution >= 0.6 is 0 Å². The molecule has 0 spiro atoms. The van der Waals surface area contributed by atoms with Gasteiger partial charge in [-0.3, -0.25) is 0 Å². The Bertz CT molecular complexity index is 586. The maximum Gasteiger partial charge on any atom is 0.336 e. The normalized spacial score (nSPS) is 20.0. The molecule has 3 rings (SSSR count). The van der Waals surface area contributed by atoms with E-state index in [0.717, 1.165) is 12.8 Å². The second-order valence-electron chi connectivity index (χ2n) is 4.99. The van der Waals surface area contributed by atoms with Crippen LogP contribution < -0.4 is 14.2 Å². The second kappa shape index (κ2) is 4.74. The summed E-state index contributed by atoms with van der Waals surface area (Å²) in [6.45, 7) is 0. The minimum Gasteiger partial charge on any atom is -0.493 e. The van der Waals surface area contributed by atoms with E-state index in [4.69, 9.17) is 14.2 Å². The van der Waals surface area contributed by atoms with Crippen molar-refractivity contribution < 1.29 is 24.1 Å². The summed E-state index contributed by atoms with van der Waals surface area (Å²) in [6, 6.07) is 1.46. The van der Waals surface area contributed by atoms with E-state index < -0.39 is 5.97 Å². The quantitative estimate of drug-likeness (QED) is 0.915. The van der Waals surface area contributed by atoms with E-state index in [9.17, 15) is 9.90 Å². The summed E-state index contributed by atoms with van der Waals surface area (Å²) in [5.74, 6) is 0.781. The summed E-state index contributed by atoms with van der Waals surface area (Å²) in [4.78, 5) is 11.4. The molecule has 5 heteroatoms. The molecule has 1 aliphatic carbocycles. The number of hydrogen-bond donors (Lipinski definition) is 1. The van der Waals surface area contributed by atoms with Crippen LogP contribution in [0.15, 0.2) is 12.1 Å². The Labute approximate surface area is 116 Å². The molecular weight excluding hydrogens is 260 g/mol. The fourth-order valence-electron chi connectivity index (χ4n) is 2.48. The Balaban J connectivity index is 2.14. The molecular formula is C15H16O5. The van der Waals surface area contributed by atoms with E-state index in [1.807, 2.05) is 12.2 Å². The topological polar surface area (TPSA) is 65.0 Å². The first-order valence-electron chi connectivity index (χ1n) is 6.52. The molecule has 1 heterocycles. The average Bonchev–Trinajstić information content (AvgIpc) is 3.29. The Kier molecular flexibility index (Phi) is 3.04. The van der Waals surface area contributed by atoms with Gasteiger partial charge in [0, 0.05) is 5.56 Å². The molecule has 20 heavy (non-hydrogen) atoms. The molecule has 0 aromatic heterocycles. The fourth-order valence-corrected chi connectivity index (χ4v) is 2.48. The lowest BCUT2D eigenvalue weighted by molar-refractivity contribution is 0.0695. The highest BCUT2D eigenvalue weighted by molar-refractivity contribution is 5.95. The van der Waals surface area contributed by atoms with E-state index in [0.29, 0.717) is 28.7 Å². The molecule has 1 aliphatic heterocycles. The van der Waals surface area contributed by atoms with Crippen LogP contribution in [0.4, 0.5) is 0 Å². The van der Waals surface area contributed by atoms with E-state index in [1.165, 1.54) is 20.3 Å². The molecule has 1 aromatic carbocycles. The number of benzene rings is 1. The second-order valence-corrected chi connectivity index (χ2v) is 4.99. The third-order valence-corrected chi connectivity index (χ3v) is 3.69. The zero-order valence-electron chi connectivity index (χ0n) is 11.4. The van der Waals surface area contributed by atoms with Gasteiger partial charge in [0.25, 0.3) is 0 Å². The van der Waals surface area contributed by atoms with Crippen molar-refractivity contribution in [2.24, 2.45) is 5.92 Å². The molecule has 1 atom stereocenters. The number of carboxylic acids is 1. The number of methoxy groups -OCH3 is 2. The lowest BCUT2D eigenvalue weighted by Crippen LogP contribution is -2.21. The Morgan fingerprint density at radius 1 is 1.35 bits per heavy atom. The van der Waals surface area contributed by atoms with Gasteiger partial charge in [0.05, 0.1) is 19.8 Å². The van der Waals surface area contributed by atoms with Crippen LogP contribution in [-0.2, 0) is 0 Å². The number of fused-ring (bicyclic) bond motifs is 1. The maximum atomic E-state index is 11.4. The first-order valence-corrected chi connectivity index (χ1v) is 6.52. The minimum absolute atomic E-state index is 0.00912. The van der Waals surface area contributed by atoms with Gasteiger partial charge >= 0.3 is 5.97 Å². The molecule has 0 amide bonds. The third kappa shape index (κ3) is 1.99. The predicted molar refractivity (Wildman–Crippen MR) is 72.7 cm³/mol. The summed E-state index contributed by atoms with van der Waals surface area (Å²) in [5, 5.41) is 9.33. The van der Waals surface area contributed by atoms with Gasteiger partial charge in [0.2, 0.25) is 5.75 Å². The largest absolute Gasteiger partial charge is 0.493 e. The summed E-state index contributed by atoms with van der Waals surface area (Å²) in [6.07, 6.45) is 6.02. The van der Waals surface area contributed by atoms with E-state index in [1.54, 1.807) is 0 Å². The first kappa shape index (κ1) is 12.8. The van der Waals surface area contributed by atoms with Crippen molar-refractivity contribution in [3.63, 3.8) is 0 Å². The van der Waals surface area contributed by atoms with Crippen LogP contribution in [0, 0.1) is 5.92 Å². The summed E-state index contributed by atoms with van der Waals surface area (Å²) in [7, 11) is 3.00. The molecule has 0 saturated heterocycles. The van der Waals surface area contributed by atoms with Gasteiger partial charge in [-0.05, 0) is 30.9 Å². The van der Waals surface area contributed by atoms with E-state index >= 15 is 0 Å². The van der Waals surface area contributed by atoms with Crippen LogP contribution in [-0.4, -0.2) is 31.4 Å². The van der Waals surface area contributed by atoms with Crippen LogP contribution in [0.5, 0.6) is 17.2 Å². The SMILES string of the molecule is COc1cc(C(=O)O)c2c(c1OC)O[C@@H](C1CC1)C=C2. The molecule has 5 nitrogen and oxygen atoms in total. The molecule has 1 aromatic rings. The van der Waals surface area contributed by atoms with Crippen molar-refractivity contribution in [2.75, 3.05) is 14.2 Å². The van der Waals surface area contributed by atoms with Crippen LogP contribution in [0.3, 0.4) is 0 Å². The number of carboxylic acid groups (broad SMARTS) is 1. The summed E-state index contributed by atoms with van der Waals surface area (Å²) >= 11 is 0. The Hall–Kier alpha value is -2.17. The van der Waals surface area contributed by atoms with Crippen molar-refractivity contribution in [1.29, 1.82) is 0 Å². The molecule has 0 bridgehead atoms. The van der Waals surface area contributed by atoms with Gasteiger partial charge in [-0.2, -0.15) is 0 Å². The van der Waals surface area contributed by atoms with E-state index in [2.05, 4.69) is 0 Å². The zero-order valence-corrected chi connectivity index (χ0v) is 11.4. The zero-order chi connectivity index (χ0) is 14.3. The van der Waals surface area contributed by atoms with Crippen molar-refractivity contribution in [3.8, 4) is 17.2 Å². The van der Waals surface area contributed by atoms with Gasteiger partial charge in [0.15, 0.2) is 11.5 Å². The monoisotopic (exact) mass is 276 g/mol. The van der Waals surface area contributed by atoms with Gasteiger partial charge in [-0.25, -0.2) is 4.79 Å².